The molecule has 0 radical (unpaired) electrons. The summed E-state index contributed by atoms with van der Waals surface area (Å²) in [6.45, 7) is 18.8. The zero-order valence-corrected chi connectivity index (χ0v) is 26.9. The quantitative estimate of drug-likeness (QED) is 0.288. The number of hydrogen-bond acceptors (Lipinski definition) is 9. The summed E-state index contributed by atoms with van der Waals surface area (Å²) < 4.78 is 0. The zero-order valence-electron chi connectivity index (χ0n) is 25.4. The Labute approximate surface area is 264 Å². The van der Waals surface area contributed by atoms with E-state index >= 15 is 0 Å². The first kappa shape index (κ1) is 31.6. The molecule has 43 heavy (non-hydrogen) atoms. The molecule has 4 aliphatic heterocycles. The smallest absolute Gasteiger partial charge is 0.254 e. The van der Waals surface area contributed by atoms with Gasteiger partial charge in [-0.3, -0.25) is 14.6 Å². The van der Waals surface area contributed by atoms with E-state index in [4.69, 9.17) is 35.5 Å². The fourth-order valence-electron chi connectivity index (χ4n) is 7.82. The van der Waals surface area contributed by atoms with Crippen molar-refractivity contribution in [2.45, 2.75) is 114 Å². The summed E-state index contributed by atoms with van der Waals surface area (Å²) in [7, 11) is 0. The van der Waals surface area contributed by atoms with E-state index in [1.54, 1.807) is 0 Å². The van der Waals surface area contributed by atoms with Gasteiger partial charge < -0.3 is 16.4 Å². The van der Waals surface area contributed by atoms with Crippen LogP contribution in [0.25, 0.3) is 4.85 Å². The van der Waals surface area contributed by atoms with Gasteiger partial charge in [-0.2, -0.15) is 4.98 Å². The molecule has 2 aromatic heterocycles. The molecule has 4 aliphatic rings. The van der Waals surface area contributed by atoms with Crippen LogP contribution in [0.2, 0.25) is 10.6 Å². The highest BCUT2D eigenvalue weighted by atomic mass is 35.5. The van der Waals surface area contributed by atoms with E-state index in [0.29, 0.717) is 35.4 Å². The number of rotatable bonds is 5. The van der Waals surface area contributed by atoms with Crippen LogP contribution in [0.4, 0.5) is 17.3 Å². The number of anilines is 2. The van der Waals surface area contributed by atoms with Gasteiger partial charge in [0.05, 0.1) is 12.1 Å². The van der Waals surface area contributed by atoms with Gasteiger partial charge in [-0.15, -0.1) is 0 Å². The van der Waals surface area contributed by atoms with Crippen LogP contribution in [0.15, 0.2) is 12.4 Å². The minimum atomic E-state index is -0.545. The average molecular weight is 630 g/mol. The van der Waals surface area contributed by atoms with Crippen LogP contribution in [0.5, 0.6) is 0 Å². The molecule has 6 heterocycles. The molecule has 0 aliphatic carbocycles. The Morgan fingerprint density at radius 3 is 1.91 bits per heavy atom. The van der Waals surface area contributed by atoms with E-state index in [-0.39, 0.29) is 33.3 Å². The van der Waals surface area contributed by atoms with E-state index < -0.39 is 5.91 Å². The number of primary amides is 1. The Morgan fingerprint density at radius 1 is 0.907 bits per heavy atom. The van der Waals surface area contributed by atoms with Crippen molar-refractivity contribution in [2.75, 3.05) is 23.7 Å². The lowest BCUT2D eigenvalue weighted by Crippen LogP contribution is -2.55. The van der Waals surface area contributed by atoms with E-state index in [9.17, 15) is 4.79 Å². The molecular formula is C30H42Cl2N10O. The second kappa shape index (κ2) is 12.7. The normalized spacial score (nSPS) is 27.7. The van der Waals surface area contributed by atoms with Crippen LogP contribution in [0.3, 0.4) is 0 Å². The van der Waals surface area contributed by atoms with Crippen molar-refractivity contribution in [2.24, 2.45) is 5.73 Å². The Morgan fingerprint density at radius 2 is 1.40 bits per heavy atom. The molecule has 4 fully saturated rings. The molecule has 0 saturated carbocycles. The molecule has 232 valence electrons. The summed E-state index contributed by atoms with van der Waals surface area (Å²) in [4.78, 5) is 36.3. The van der Waals surface area contributed by atoms with Crippen molar-refractivity contribution in [3.63, 3.8) is 0 Å². The molecule has 6 rings (SSSR count). The predicted octanol–water partition coefficient (Wildman–Crippen LogP) is 5.54. The number of halogens is 2. The van der Waals surface area contributed by atoms with Gasteiger partial charge in [0, 0.05) is 47.6 Å². The summed E-state index contributed by atoms with van der Waals surface area (Å²) in [6, 6.07) is 1.81. The third-order valence-electron chi connectivity index (χ3n) is 9.48. The van der Waals surface area contributed by atoms with E-state index in [2.05, 4.69) is 72.9 Å². The second-order valence-electron chi connectivity index (χ2n) is 13.4. The number of carbonyl (C=O) groups excluding carboxylic acids is 1. The fourth-order valence-corrected chi connectivity index (χ4v) is 8.09. The van der Waals surface area contributed by atoms with E-state index in [1.165, 1.54) is 51.2 Å². The monoisotopic (exact) mass is 628 g/mol. The Hall–Kier alpha value is -2.78. The number of nitrogens with zero attached hydrogens (tertiary/aromatic N) is 7. The fraction of sp³-hybridized carbons (Fsp3) is 0.667. The highest BCUT2D eigenvalue weighted by Crippen LogP contribution is 2.40. The van der Waals surface area contributed by atoms with Gasteiger partial charge in [0.2, 0.25) is 16.3 Å². The maximum absolute atomic E-state index is 11.5. The second-order valence-corrected chi connectivity index (χ2v) is 14.1. The summed E-state index contributed by atoms with van der Waals surface area (Å²) >= 11 is 11.7. The number of hydrogen-bond donors (Lipinski definition) is 3. The van der Waals surface area contributed by atoms with Gasteiger partial charge in [-0.05, 0) is 115 Å². The SMILES string of the molecule is CC1(C)C[C@H](Nc2nc(Cl)ncc2C(N)=O)C[C@@H]2CCCN21.[C-]#[N+]c1cnc(Cl)nc1N[C@@H]1C[C@@H]2CCCN2C(C)(C)C1. The Balaban J connectivity index is 0.000000171. The van der Waals surface area contributed by atoms with E-state index in [1.807, 2.05) is 0 Å². The van der Waals surface area contributed by atoms with Crippen molar-refractivity contribution in [1.82, 2.24) is 29.7 Å². The molecule has 0 aromatic carbocycles. The third kappa shape index (κ3) is 7.14. The molecule has 11 nitrogen and oxygen atoms in total. The van der Waals surface area contributed by atoms with Crippen LogP contribution in [-0.4, -0.2) is 84.0 Å². The molecule has 4 atom stereocenters. The number of aromatic nitrogens is 4. The van der Waals surface area contributed by atoms with Gasteiger partial charge >= 0.3 is 0 Å². The number of nitrogens with one attached hydrogen (secondary N) is 2. The third-order valence-corrected chi connectivity index (χ3v) is 9.85. The van der Waals surface area contributed by atoms with Crippen molar-refractivity contribution in [3.05, 3.63) is 39.9 Å². The first-order chi connectivity index (χ1) is 20.4. The summed E-state index contributed by atoms with van der Waals surface area (Å²) in [6.07, 6.45) is 12.1. The number of nitrogens with two attached hydrogens (primary N) is 1. The Bertz CT molecular complexity index is 1380. The first-order valence-corrected chi connectivity index (χ1v) is 15.9. The van der Waals surface area contributed by atoms with Crippen molar-refractivity contribution in [3.8, 4) is 0 Å². The number of fused-ring (bicyclic) bond motifs is 2. The highest BCUT2D eigenvalue weighted by molar-refractivity contribution is 6.28. The molecule has 1 amide bonds. The van der Waals surface area contributed by atoms with Gasteiger partial charge in [-0.25, -0.2) is 19.8 Å². The molecule has 4 N–H and O–H groups in total. The predicted molar refractivity (Wildman–Crippen MR) is 170 cm³/mol. The largest absolute Gasteiger partial charge is 0.376 e. The van der Waals surface area contributed by atoms with Crippen LogP contribution >= 0.6 is 23.2 Å². The standard InChI is InChI=1S/C15H22ClN5O.C15H20ClN5/c1-15(2)7-9(6-10-4-3-5-21(10)15)19-13-11(12(17)22)8-18-14(16)20-13;1-15(2)8-10(7-11-5-4-6-21(11)15)19-13-12(17-3)9-18-14(16)20-13/h8-10H,3-7H2,1-2H3,(H2,17,22)(H,18,19,20);9-11H,4-8H2,1-2H3,(H,18,19,20)/t9-,10+;10-,11+/m11/s1. The van der Waals surface area contributed by atoms with Gasteiger partial charge in [0.1, 0.15) is 11.6 Å². The number of carbonyl (C=O) groups is 1. The van der Waals surface area contributed by atoms with Crippen molar-refractivity contribution >= 4 is 46.4 Å². The summed E-state index contributed by atoms with van der Waals surface area (Å²) in [5.74, 6) is 0.466. The number of amides is 1. The van der Waals surface area contributed by atoms with Crippen molar-refractivity contribution in [1.29, 1.82) is 0 Å². The molecule has 4 saturated heterocycles. The maximum Gasteiger partial charge on any atom is 0.254 e. The van der Waals surface area contributed by atoms with Crippen LogP contribution in [0, 0.1) is 6.57 Å². The Kier molecular flexibility index (Phi) is 9.33. The molecule has 13 heteroatoms. The minimum absolute atomic E-state index is 0.116. The zero-order chi connectivity index (χ0) is 30.9. The van der Waals surface area contributed by atoms with Crippen molar-refractivity contribution < 1.29 is 4.79 Å². The summed E-state index contributed by atoms with van der Waals surface area (Å²) in [5, 5.41) is 7.11. The number of piperidine rings is 2. The van der Waals surface area contributed by atoms with Gasteiger partial charge in [-0.1, -0.05) is 0 Å². The average Bonchev–Trinajstić information content (AvgIpc) is 3.59. The highest BCUT2D eigenvalue weighted by Gasteiger charge is 2.44. The maximum atomic E-state index is 11.5. The lowest BCUT2D eigenvalue weighted by molar-refractivity contribution is 0.0499. The molecule has 0 bridgehead atoms. The first-order valence-electron chi connectivity index (χ1n) is 15.1. The molecular weight excluding hydrogens is 587 g/mol. The molecule has 0 unspecified atom stereocenters. The minimum Gasteiger partial charge on any atom is -0.376 e. The van der Waals surface area contributed by atoms with Gasteiger partial charge in [0.15, 0.2) is 0 Å². The topological polar surface area (TPSA) is 130 Å². The van der Waals surface area contributed by atoms with E-state index in [0.717, 1.165) is 25.7 Å². The lowest BCUT2D eigenvalue weighted by Gasteiger charge is -2.48. The van der Waals surface area contributed by atoms with Crippen LogP contribution < -0.4 is 16.4 Å². The molecule has 2 aromatic rings. The lowest BCUT2D eigenvalue weighted by atomic mass is 9.84. The van der Waals surface area contributed by atoms with Crippen LogP contribution in [-0.2, 0) is 0 Å². The summed E-state index contributed by atoms with van der Waals surface area (Å²) in [5.41, 5.74) is 6.45. The molecule has 0 spiro atoms. The van der Waals surface area contributed by atoms with Gasteiger partial charge in [0.25, 0.3) is 5.91 Å². The van der Waals surface area contributed by atoms with Crippen LogP contribution in [0.1, 0.15) is 89.4 Å².